The molecule has 0 fully saturated rings. The van der Waals surface area contributed by atoms with E-state index in [9.17, 15) is 0 Å². The number of nitrogens with one attached hydrogen (secondary N) is 1. The lowest BCUT2D eigenvalue weighted by molar-refractivity contribution is 0.281. The number of benzene rings is 1. The maximum absolute atomic E-state index is 8.99. The highest BCUT2D eigenvalue weighted by Crippen LogP contribution is 2.18. The van der Waals surface area contributed by atoms with Gasteiger partial charge in [0.15, 0.2) is 0 Å². The first kappa shape index (κ1) is 8.08. The summed E-state index contributed by atoms with van der Waals surface area (Å²) in [6, 6.07) is 5.92. The molecule has 0 saturated heterocycles. The molecule has 1 aromatic rings. The molecule has 0 aromatic heterocycles. The molecule has 2 heteroatoms. The van der Waals surface area contributed by atoms with E-state index in [1.165, 1.54) is 0 Å². The summed E-state index contributed by atoms with van der Waals surface area (Å²) in [7, 11) is 1.86. The second-order valence-electron chi connectivity index (χ2n) is 2.51. The van der Waals surface area contributed by atoms with E-state index in [1.54, 1.807) is 0 Å². The fraction of sp³-hybridized carbons (Fsp3) is 0.333. The summed E-state index contributed by atoms with van der Waals surface area (Å²) in [5.41, 5.74) is 3.11. The number of aliphatic hydroxyl groups is 1. The van der Waals surface area contributed by atoms with Gasteiger partial charge in [-0.3, -0.25) is 0 Å². The van der Waals surface area contributed by atoms with Crippen LogP contribution in [-0.4, -0.2) is 12.2 Å². The minimum absolute atomic E-state index is 0.100. The maximum Gasteiger partial charge on any atom is 0.0704 e. The van der Waals surface area contributed by atoms with Crippen molar-refractivity contribution < 1.29 is 5.11 Å². The third-order valence-corrected chi connectivity index (χ3v) is 1.84. The standard InChI is InChI=1S/C9H13NO/c1-7-4-3-5-9(10-2)8(7)6-11/h3-5,10-11H,6H2,1-2H3. The van der Waals surface area contributed by atoms with Gasteiger partial charge in [-0.05, 0) is 18.6 Å². The van der Waals surface area contributed by atoms with E-state index in [0.29, 0.717) is 0 Å². The average molecular weight is 151 g/mol. The lowest BCUT2D eigenvalue weighted by Gasteiger charge is -2.08. The molecular formula is C9H13NO. The molecule has 0 bridgehead atoms. The number of aryl methyl sites for hydroxylation is 1. The van der Waals surface area contributed by atoms with Crippen LogP contribution in [0.5, 0.6) is 0 Å². The molecule has 1 rings (SSSR count). The highest BCUT2D eigenvalue weighted by Gasteiger charge is 2.00. The largest absolute Gasteiger partial charge is 0.392 e. The van der Waals surface area contributed by atoms with Crippen molar-refractivity contribution in [2.75, 3.05) is 12.4 Å². The van der Waals surface area contributed by atoms with Crippen LogP contribution in [0.4, 0.5) is 5.69 Å². The Balaban J connectivity index is 3.13. The van der Waals surface area contributed by atoms with E-state index in [1.807, 2.05) is 32.2 Å². The summed E-state index contributed by atoms with van der Waals surface area (Å²) in [6.07, 6.45) is 0. The van der Waals surface area contributed by atoms with E-state index in [4.69, 9.17) is 5.11 Å². The zero-order valence-electron chi connectivity index (χ0n) is 6.89. The lowest BCUT2D eigenvalue weighted by atomic mass is 10.1. The Labute approximate surface area is 66.9 Å². The van der Waals surface area contributed by atoms with Gasteiger partial charge >= 0.3 is 0 Å². The number of hydrogen-bond donors (Lipinski definition) is 2. The Morgan fingerprint density at radius 1 is 1.45 bits per heavy atom. The predicted molar refractivity (Wildman–Crippen MR) is 46.6 cm³/mol. The Morgan fingerprint density at radius 2 is 2.18 bits per heavy atom. The third kappa shape index (κ3) is 1.52. The van der Waals surface area contributed by atoms with Crippen LogP contribution in [0.25, 0.3) is 0 Å². The van der Waals surface area contributed by atoms with Gasteiger partial charge in [0.05, 0.1) is 6.61 Å². The summed E-state index contributed by atoms with van der Waals surface area (Å²) >= 11 is 0. The monoisotopic (exact) mass is 151 g/mol. The van der Waals surface area contributed by atoms with Gasteiger partial charge in [-0.15, -0.1) is 0 Å². The number of rotatable bonds is 2. The van der Waals surface area contributed by atoms with Gasteiger partial charge in [0.1, 0.15) is 0 Å². The molecule has 60 valence electrons. The van der Waals surface area contributed by atoms with Gasteiger partial charge in [0.2, 0.25) is 0 Å². The van der Waals surface area contributed by atoms with Crippen LogP contribution in [0.2, 0.25) is 0 Å². The minimum atomic E-state index is 0.100. The fourth-order valence-corrected chi connectivity index (χ4v) is 1.15. The molecule has 2 N–H and O–H groups in total. The van der Waals surface area contributed by atoms with Gasteiger partial charge < -0.3 is 10.4 Å². The summed E-state index contributed by atoms with van der Waals surface area (Å²) in [5, 5.41) is 12.0. The third-order valence-electron chi connectivity index (χ3n) is 1.84. The first-order valence-electron chi connectivity index (χ1n) is 3.66. The number of hydrogen-bond acceptors (Lipinski definition) is 2. The van der Waals surface area contributed by atoms with Crippen molar-refractivity contribution in [1.82, 2.24) is 0 Å². The number of aliphatic hydroxyl groups excluding tert-OH is 1. The topological polar surface area (TPSA) is 32.3 Å². The van der Waals surface area contributed by atoms with Crippen LogP contribution in [0.3, 0.4) is 0 Å². The zero-order chi connectivity index (χ0) is 8.27. The van der Waals surface area contributed by atoms with Gasteiger partial charge in [0.25, 0.3) is 0 Å². The number of anilines is 1. The zero-order valence-corrected chi connectivity index (χ0v) is 6.89. The second-order valence-corrected chi connectivity index (χ2v) is 2.51. The molecule has 0 spiro atoms. The van der Waals surface area contributed by atoms with Crippen LogP contribution < -0.4 is 5.32 Å². The van der Waals surface area contributed by atoms with Crippen molar-refractivity contribution in [3.05, 3.63) is 29.3 Å². The minimum Gasteiger partial charge on any atom is -0.392 e. The normalized spacial score (nSPS) is 9.73. The molecule has 0 aliphatic heterocycles. The molecule has 0 heterocycles. The first-order valence-corrected chi connectivity index (χ1v) is 3.66. The molecule has 11 heavy (non-hydrogen) atoms. The van der Waals surface area contributed by atoms with E-state index in [-0.39, 0.29) is 6.61 Å². The van der Waals surface area contributed by atoms with Crippen molar-refractivity contribution in [2.24, 2.45) is 0 Å². The Kier molecular flexibility index (Phi) is 2.49. The molecule has 0 aliphatic carbocycles. The smallest absolute Gasteiger partial charge is 0.0704 e. The van der Waals surface area contributed by atoms with E-state index in [2.05, 4.69) is 5.32 Å². The predicted octanol–water partition coefficient (Wildman–Crippen LogP) is 1.53. The molecule has 2 nitrogen and oxygen atoms in total. The summed E-state index contributed by atoms with van der Waals surface area (Å²) in [5.74, 6) is 0. The highest BCUT2D eigenvalue weighted by atomic mass is 16.3. The summed E-state index contributed by atoms with van der Waals surface area (Å²) in [6.45, 7) is 2.09. The molecule has 1 aromatic carbocycles. The highest BCUT2D eigenvalue weighted by molar-refractivity contribution is 5.53. The molecule has 0 radical (unpaired) electrons. The van der Waals surface area contributed by atoms with Crippen LogP contribution in [0.1, 0.15) is 11.1 Å². The van der Waals surface area contributed by atoms with Crippen molar-refractivity contribution in [1.29, 1.82) is 0 Å². The van der Waals surface area contributed by atoms with Gasteiger partial charge in [0, 0.05) is 18.3 Å². The Morgan fingerprint density at radius 3 is 2.64 bits per heavy atom. The van der Waals surface area contributed by atoms with Crippen molar-refractivity contribution >= 4 is 5.69 Å². The lowest BCUT2D eigenvalue weighted by Crippen LogP contribution is -1.97. The van der Waals surface area contributed by atoms with Crippen molar-refractivity contribution in [3.8, 4) is 0 Å². The maximum atomic E-state index is 8.99. The van der Waals surface area contributed by atoms with Gasteiger partial charge in [-0.2, -0.15) is 0 Å². The Hall–Kier alpha value is -1.02. The van der Waals surface area contributed by atoms with Crippen LogP contribution >= 0.6 is 0 Å². The average Bonchev–Trinajstić information content (AvgIpc) is 2.04. The second kappa shape index (κ2) is 3.39. The molecule has 0 amide bonds. The molecule has 0 aliphatic rings. The quantitative estimate of drug-likeness (QED) is 0.671. The van der Waals surface area contributed by atoms with Crippen molar-refractivity contribution in [3.63, 3.8) is 0 Å². The van der Waals surface area contributed by atoms with E-state index in [0.717, 1.165) is 16.8 Å². The summed E-state index contributed by atoms with van der Waals surface area (Å²) < 4.78 is 0. The molecule has 0 saturated carbocycles. The molecule has 0 atom stereocenters. The van der Waals surface area contributed by atoms with E-state index < -0.39 is 0 Å². The Bertz CT molecular complexity index is 245. The first-order chi connectivity index (χ1) is 5.29. The summed E-state index contributed by atoms with van der Waals surface area (Å²) in [4.78, 5) is 0. The van der Waals surface area contributed by atoms with Crippen molar-refractivity contribution in [2.45, 2.75) is 13.5 Å². The van der Waals surface area contributed by atoms with Gasteiger partial charge in [-0.1, -0.05) is 12.1 Å². The molecule has 0 unspecified atom stereocenters. The van der Waals surface area contributed by atoms with Crippen LogP contribution in [-0.2, 0) is 6.61 Å². The van der Waals surface area contributed by atoms with Gasteiger partial charge in [-0.25, -0.2) is 0 Å². The SMILES string of the molecule is CNc1cccc(C)c1CO. The molecular weight excluding hydrogens is 138 g/mol. The van der Waals surface area contributed by atoms with E-state index >= 15 is 0 Å². The fourth-order valence-electron chi connectivity index (χ4n) is 1.15. The van der Waals surface area contributed by atoms with Crippen LogP contribution in [0, 0.1) is 6.92 Å². The van der Waals surface area contributed by atoms with Crippen LogP contribution in [0.15, 0.2) is 18.2 Å².